The fraction of sp³-hybridized carbons (Fsp3) is 0.767. The highest BCUT2D eigenvalue weighted by Crippen LogP contribution is 2.65. The number of piperidine rings is 1. The minimum atomic E-state index is -0.897. The molecule has 2 heterocycles. The Hall–Kier alpha value is -2.91. The molecule has 1 unspecified atom stereocenters. The Bertz CT molecular complexity index is 1040. The summed E-state index contributed by atoms with van der Waals surface area (Å²) in [7, 11) is 0. The SMILES string of the molecule is C=CC(=O)[C@H](C[C@@H]1CCNC1=O)NC(=O)[C@@H]1[C@@H]2[C@H](CN1C(=O)C(NC(=O)OC(C)(C)C)C1CCCCC1)C2(C)C. The number of carbonyl (C=O) groups is 5. The maximum Gasteiger partial charge on any atom is 0.408 e. The lowest BCUT2D eigenvalue weighted by Gasteiger charge is -2.37. The number of likely N-dealkylation sites (tertiary alicyclic amines) is 1. The summed E-state index contributed by atoms with van der Waals surface area (Å²) in [6, 6.07) is -2.46. The number of amides is 4. The van der Waals surface area contributed by atoms with Gasteiger partial charge in [0.25, 0.3) is 0 Å². The first-order chi connectivity index (χ1) is 18.7. The second-order valence-electron chi connectivity index (χ2n) is 13.6. The lowest BCUT2D eigenvalue weighted by molar-refractivity contribution is -0.143. The van der Waals surface area contributed by atoms with E-state index in [1.165, 1.54) is 6.08 Å². The van der Waals surface area contributed by atoms with Crippen molar-refractivity contribution >= 4 is 29.6 Å². The summed E-state index contributed by atoms with van der Waals surface area (Å²) in [4.78, 5) is 67.4. The van der Waals surface area contributed by atoms with Crippen molar-refractivity contribution in [3.63, 3.8) is 0 Å². The van der Waals surface area contributed by atoms with Crippen molar-refractivity contribution in [2.24, 2.45) is 29.1 Å². The molecule has 0 aromatic rings. The van der Waals surface area contributed by atoms with Crippen molar-refractivity contribution in [3.8, 4) is 0 Å². The largest absolute Gasteiger partial charge is 0.444 e. The van der Waals surface area contributed by atoms with Gasteiger partial charge in [-0.25, -0.2) is 4.79 Å². The topological polar surface area (TPSA) is 134 Å². The zero-order chi connectivity index (χ0) is 29.4. The highest BCUT2D eigenvalue weighted by molar-refractivity contribution is 5.99. The third-order valence-electron chi connectivity index (χ3n) is 9.36. The molecule has 4 rings (SSSR count). The number of ketones is 1. The number of hydrogen-bond acceptors (Lipinski definition) is 6. The molecule has 0 radical (unpaired) electrons. The number of ether oxygens (including phenoxy) is 1. The molecule has 10 heteroatoms. The van der Waals surface area contributed by atoms with Crippen molar-refractivity contribution in [1.82, 2.24) is 20.9 Å². The molecule has 2 saturated carbocycles. The summed E-state index contributed by atoms with van der Waals surface area (Å²) < 4.78 is 5.49. The predicted molar refractivity (Wildman–Crippen MR) is 149 cm³/mol. The van der Waals surface area contributed by atoms with Crippen LogP contribution in [0.3, 0.4) is 0 Å². The number of alkyl carbamates (subject to hydrolysis) is 1. The summed E-state index contributed by atoms with van der Waals surface area (Å²) in [6.07, 6.45) is 5.99. The van der Waals surface area contributed by atoms with Gasteiger partial charge < -0.3 is 25.6 Å². The molecule has 2 saturated heterocycles. The van der Waals surface area contributed by atoms with Gasteiger partial charge in [0.15, 0.2) is 5.78 Å². The Balaban J connectivity index is 1.55. The Morgan fingerprint density at radius 1 is 1.12 bits per heavy atom. The van der Waals surface area contributed by atoms with Gasteiger partial charge in [0.2, 0.25) is 17.7 Å². The van der Waals surface area contributed by atoms with E-state index in [4.69, 9.17) is 4.74 Å². The minimum absolute atomic E-state index is 0.0432. The van der Waals surface area contributed by atoms with Crippen molar-refractivity contribution < 1.29 is 28.7 Å². The smallest absolute Gasteiger partial charge is 0.408 e. The molecule has 40 heavy (non-hydrogen) atoms. The number of nitrogens with zero attached hydrogens (tertiary/aromatic N) is 1. The minimum Gasteiger partial charge on any atom is -0.444 e. The summed E-state index contributed by atoms with van der Waals surface area (Å²) in [5.41, 5.74) is -0.837. The highest BCUT2D eigenvalue weighted by atomic mass is 16.6. The van der Waals surface area contributed by atoms with Crippen molar-refractivity contribution in [3.05, 3.63) is 12.7 Å². The summed E-state index contributed by atoms with van der Waals surface area (Å²) in [5.74, 6) is -1.47. The number of rotatable bonds is 9. The highest BCUT2D eigenvalue weighted by Gasteiger charge is 2.69. The monoisotopic (exact) mass is 558 g/mol. The predicted octanol–water partition coefficient (Wildman–Crippen LogP) is 2.71. The van der Waals surface area contributed by atoms with Crippen LogP contribution in [0.15, 0.2) is 12.7 Å². The van der Waals surface area contributed by atoms with Crippen LogP contribution in [0.5, 0.6) is 0 Å². The normalized spacial score (nSPS) is 29.0. The molecule has 0 bridgehead atoms. The number of hydrogen-bond donors (Lipinski definition) is 3. The van der Waals surface area contributed by atoms with Crippen molar-refractivity contribution in [1.29, 1.82) is 0 Å². The fourth-order valence-corrected chi connectivity index (χ4v) is 7.08. The fourth-order valence-electron chi connectivity index (χ4n) is 7.08. The molecule has 4 aliphatic rings. The molecule has 0 spiro atoms. The van der Waals surface area contributed by atoms with E-state index in [2.05, 4.69) is 36.4 Å². The molecular formula is C30H46N4O6. The number of fused-ring (bicyclic) bond motifs is 1. The zero-order valence-corrected chi connectivity index (χ0v) is 24.6. The number of carbonyl (C=O) groups excluding carboxylic acids is 5. The lowest BCUT2D eigenvalue weighted by atomic mass is 9.83. The molecule has 3 N–H and O–H groups in total. The number of nitrogens with one attached hydrogen (secondary N) is 3. The summed E-state index contributed by atoms with van der Waals surface area (Å²) in [6.45, 7) is 14.1. The second-order valence-corrected chi connectivity index (χ2v) is 13.6. The standard InChI is InChI=1S/C30H46N4O6/c1-7-21(35)20(15-18-13-14-31-25(18)36)32-26(37)24-22-19(30(22,5)6)16-34(24)27(38)23(17-11-9-8-10-12-17)33-28(39)40-29(2,3)4/h7,17-20,22-24H,1,8-16H2,2-6H3,(H,31,36)(H,32,37)(H,33,39)/t18-,19-,20-,22-,23?,24-/m0/s1. The van der Waals surface area contributed by atoms with Gasteiger partial charge in [-0.15, -0.1) is 0 Å². The van der Waals surface area contributed by atoms with Crippen LogP contribution in [0.1, 0.15) is 79.6 Å². The van der Waals surface area contributed by atoms with E-state index in [0.29, 0.717) is 19.5 Å². The van der Waals surface area contributed by atoms with Gasteiger partial charge in [-0.05, 0) is 75.7 Å². The quantitative estimate of drug-likeness (QED) is 0.373. The lowest BCUT2D eigenvalue weighted by Crippen LogP contribution is -2.59. The van der Waals surface area contributed by atoms with Crippen LogP contribution in [-0.4, -0.2) is 71.3 Å². The molecule has 4 fully saturated rings. The molecule has 222 valence electrons. The van der Waals surface area contributed by atoms with Gasteiger partial charge in [0, 0.05) is 19.0 Å². The van der Waals surface area contributed by atoms with E-state index in [1.54, 1.807) is 25.7 Å². The zero-order valence-electron chi connectivity index (χ0n) is 24.6. The Morgan fingerprint density at radius 3 is 2.38 bits per heavy atom. The van der Waals surface area contributed by atoms with Gasteiger partial charge in [0.05, 0.1) is 6.04 Å². The van der Waals surface area contributed by atoms with E-state index in [-0.39, 0.29) is 53.1 Å². The summed E-state index contributed by atoms with van der Waals surface area (Å²) in [5, 5.41) is 8.51. The van der Waals surface area contributed by atoms with Crippen LogP contribution < -0.4 is 16.0 Å². The van der Waals surface area contributed by atoms with Crippen LogP contribution >= 0.6 is 0 Å². The average Bonchev–Trinajstić information content (AvgIpc) is 3.23. The van der Waals surface area contributed by atoms with Gasteiger partial charge in [0.1, 0.15) is 17.7 Å². The molecule has 10 nitrogen and oxygen atoms in total. The van der Waals surface area contributed by atoms with E-state index in [9.17, 15) is 24.0 Å². The molecule has 0 aromatic heterocycles. The van der Waals surface area contributed by atoms with E-state index in [1.807, 2.05) is 0 Å². The Kier molecular flexibility index (Phi) is 8.66. The van der Waals surface area contributed by atoms with Crippen LogP contribution in [0.25, 0.3) is 0 Å². The van der Waals surface area contributed by atoms with Gasteiger partial charge in [-0.3, -0.25) is 19.2 Å². The van der Waals surface area contributed by atoms with E-state index < -0.39 is 35.7 Å². The van der Waals surface area contributed by atoms with Crippen LogP contribution in [0.2, 0.25) is 0 Å². The van der Waals surface area contributed by atoms with E-state index in [0.717, 1.165) is 32.1 Å². The maximum absolute atomic E-state index is 14.2. The third-order valence-corrected chi connectivity index (χ3v) is 9.36. The average molecular weight is 559 g/mol. The molecular weight excluding hydrogens is 512 g/mol. The van der Waals surface area contributed by atoms with Crippen LogP contribution in [0, 0.1) is 29.1 Å². The van der Waals surface area contributed by atoms with Crippen molar-refractivity contribution in [2.45, 2.75) is 103 Å². The first-order valence-corrected chi connectivity index (χ1v) is 14.8. The first-order valence-electron chi connectivity index (χ1n) is 14.8. The molecule has 2 aliphatic carbocycles. The molecule has 6 atom stereocenters. The van der Waals surface area contributed by atoms with Gasteiger partial charge >= 0.3 is 6.09 Å². The summed E-state index contributed by atoms with van der Waals surface area (Å²) >= 11 is 0. The second kappa shape index (κ2) is 11.5. The third kappa shape index (κ3) is 6.36. The van der Waals surface area contributed by atoms with Crippen molar-refractivity contribution in [2.75, 3.05) is 13.1 Å². The van der Waals surface area contributed by atoms with Crippen LogP contribution in [-0.2, 0) is 23.9 Å². The molecule has 0 aromatic carbocycles. The maximum atomic E-state index is 14.2. The van der Waals surface area contributed by atoms with Gasteiger partial charge in [-0.2, -0.15) is 0 Å². The Morgan fingerprint density at radius 2 is 1.80 bits per heavy atom. The van der Waals surface area contributed by atoms with Gasteiger partial charge in [-0.1, -0.05) is 39.7 Å². The Labute approximate surface area is 237 Å². The molecule has 4 amide bonds. The van der Waals surface area contributed by atoms with E-state index >= 15 is 0 Å². The molecule has 2 aliphatic heterocycles. The first kappa shape index (κ1) is 30.1. The van der Waals surface area contributed by atoms with Crippen LogP contribution in [0.4, 0.5) is 4.79 Å².